The predicted molar refractivity (Wildman–Crippen MR) is 122 cm³/mol. The molecule has 0 spiro atoms. The number of rotatable bonds is 9. The van der Waals surface area contributed by atoms with Gasteiger partial charge >= 0.3 is 0 Å². The number of sulfonamides is 1. The molecule has 3 heterocycles. The number of carbonyl (C=O) groups is 1. The number of methoxy groups -OCH3 is 2. The van der Waals surface area contributed by atoms with Crippen molar-refractivity contribution in [1.82, 2.24) is 14.3 Å². The summed E-state index contributed by atoms with van der Waals surface area (Å²) in [5.74, 6) is -0.0169. The molecule has 0 bridgehead atoms. The molecule has 3 rings (SSSR count). The first kappa shape index (κ1) is 24.7. The van der Waals surface area contributed by atoms with Crippen molar-refractivity contribution in [3.05, 3.63) is 39.7 Å². The van der Waals surface area contributed by atoms with Crippen molar-refractivity contribution in [2.45, 2.75) is 32.7 Å². The maximum Gasteiger partial charge on any atom is 0.270 e. The highest BCUT2D eigenvalue weighted by molar-refractivity contribution is 7.89. The third kappa shape index (κ3) is 5.53. The van der Waals surface area contributed by atoms with Crippen molar-refractivity contribution < 1.29 is 27.4 Å². The van der Waals surface area contributed by atoms with E-state index in [1.165, 1.54) is 19.4 Å². The lowest BCUT2D eigenvalue weighted by molar-refractivity contribution is 0.0979. The predicted octanol–water partition coefficient (Wildman–Crippen LogP) is 1.78. The summed E-state index contributed by atoms with van der Waals surface area (Å²) in [6.45, 7) is 5.08. The molecule has 0 saturated carbocycles. The van der Waals surface area contributed by atoms with Gasteiger partial charge in [0.1, 0.15) is 5.56 Å². The van der Waals surface area contributed by atoms with E-state index in [1.54, 1.807) is 7.11 Å². The quantitative estimate of drug-likeness (QED) is 0.540. The monoisotopic (exact) mass is 479 g/mol. The molecule has 2 aromatic rings. The molecule has 10 nitrogen and oxygen atoms in total. The van der Waals surface area contributed by atoms with Gasteiger partial charge in [-0.3, -0.25) is 9.59 Å². The van der Waals surface area contributed by atoms with Crippen molar-refractivity contribution in [2.75, 3.05) is 33.7 Å². The first-order valence-electron chi connectivity index (χ1n) is 10.5. The van der Waals surface area contributed by atoms with E-state index in [0.29, 0.717) is 43.2 Å². The number of pyridine rings is 2. The molecule has 0 aromatic carbocycles. The topological polar surface area (TPSA) is 126 Å². The van der Waals surface area contributed by atoms with Crippen LogP contribution < -0.4 is 19.6 Å². The van der Waals surface area contributed by atoms with E-state index >= 15 is 0 Å². The highest BCUT2D eigenvalue weighted by Crippen LogP contribution is 2.40. The fourth-order valence-corrected chi connectivity index (χ4v) is 4.26. The van der Waals surface area contributed by atoms with Gasteiger partial charge in [0.05, 0.1) is 31.4 Å². The summed E-state index contributed by atoms with van der Waals surface area (Å²) in [5, 5.41) is 0. The summed E-state index contributed by atoms with van der Waals surface area (Å²) in [4.78, 5) is 29.8. The molecular formula is C22H29N3O7S. The Bertz CT molecular complexity index is 1210. The average Bonchev–Trinajstić information content (AvgIpc) is 2.73. The van der Waals surface area contributed by atoms with Gasteiger partial charge in [-0.1, -0.05) is 13.8 Å². The van der Waals surface area contributed by atoms with Crippen molar-refractivity contribution in [1.29, 1.82) is 0 Å². The second-order valence-electron chi connectivity index (χ2n) is 8.26. The van der Waals surface area contributed by atoms with Gasteiger partial charge in [-0.2, -0.15) is 0 Å². The number of nitrogens with zero attached hydrogens (tertiary/aromatic N) is 2. The molecule has 180 valence electrons. The zero-order chi connectivity index (χ0) is 24.3. The standard InChI is InChI=1S/C22H29N3O7S/c1-13(2)16-9-14-10-19(32-8-6-7-30-3)22(31-4)23-20(14)17-11-18(26)15(12-25(16)17)21(27)24-33(5,28)29/h10-13,16H,6-9H2,1-5H3,(H,24,27). The average molecular weight is 480 g/mol. The van der Waals surface area contributed by atoms with Crippen LogP contribution in [0.2, 0.25) is 0 Å². The third-order valence-corrected chi connectivity index (χ3v) is 5.93. The molecule has 33 heavy (non-hydrogen) atoms. The minimum Gasteiger partial charge on any atom is -0.488 e. The van der Waals surface area contributed by atoms with Crippen LogP contribution in [0.4, 0.5) is 0 Å². The van der Waals surface area contributed by atoms with Crippen LogP contribution in [0.5, 0.6) is 11.6 Å². The Morgan fingerprint density at radius 3 is 2.61 bits per heavy atom. The van der Waals surface area contributed by atoms with Crippen LogP contribution in [0.25, 0.3) is 11.4 Å². The first-order chi connectivity index (χ1) is 15.6. The summed E-state index contributed by atoms with van der Waals surface area (Å²) < 4.78 is 43.0. The Hall–Kier alpha value is -2.92. The Labute approximate surface area is 192 Å². The smallest absolute Gasteiger partial charge is 0.270 e. The van der Waals surface area contributed by atoms with Crippen LogP contribution in [-0.4, -0.2) is 57.6 Å². The molecule has 1 aliphatic heterocycles. The maximum absolute atomic E-state index is 12.8. The van der Waals surface area contributed by atoms with Crippen LogP contribution in [-0.2, 0) is 21.2 Å². The summed E-state index contributed by atoms with van der Waals surface area (Å²) in [5.41, 5.74) is 1.13. The van der Waals surface area contributed by atoms with Crippen LogP contribution in [0.15, 0.2) is 23.1 Å². The number of nitrogens with one attached hydrogen (secondary N) is 1. The Kier molecular flexibility index (Phi) is 7.43. The van der Waals surface area contributed by atoms with Crippen molar-refractivity contribution in [2.24, 2.45) is 5.92 Å². The largest absolute Gasteiger partial charge is 0.488 e. The summed E-state index contributed by atoms with van der Waals surface area (Å²) in [7, 11) is -0.696. The second kappa shape index (κ2) is 9.92. The molecule has 0 saturated heterocycles. The van der Waals surface area contributed by atoms with E-state index in [1.807, 2.05) is 29.2 Å². The van der Waals surface area contributed by atoms with Gasteiger partial charge in [0.2, 0.25) is 10.0 Å². The van der Waals surface area contributed by atoms with Gasteiger partial charge in [0.15, 0.2) is 11.2 Å². The fourth-order valence-electron chi connectivity index (χ4n) is 3.82. The summed E-state index contributed by atoms with van der Waals surface area (Å²) in [6.07, 6.45) is 3.57. The molecule has 0 fully saturated rings. The molecule has 1 aliphatic rings. The number of ether oxygens (including phenoxy) is 3. The van der Waals surface area contributed by atoms with E-state index < -0.39 is 21.4 Å². The van der Waals surface area contributed by atoms with Crippen molar-refractivity contribution >= 4 is 15.9 Å². The first-order valence-corrected chi connectivity index (χ1v) is 12.4. The number of aromatic nitrogens is 2. The van der Waals surface area contributed by atoms with Gasteiger partial charge < -0.3 is 18.8 Å². The molecule has 1 amide bonds. The molecule has 1 N–H and O–H groups in total. The van der Waals surface area contributed by atoms with E-state index in [0.717, 1.165) is 11.8 Å². The minimum absolute atomic E-state index is 0.0885. The lowest BCUT2D eigenvalue weighted by Gasteiger charge is -2.33. The Balaban J connectivity index is 2.10. The number of carbonyl (C=O) groups excluding carboxylic acids is 1. The van der Waals surface area contributed by atoms with Gasteiger partial charge in [-0.15, -0.1) is 0 Å². The highest BCUT2D eigenvalue weighted by Gasteiger charge is 2.30. The maximum atomic E-state index is 12.8. The van der Waals surface area contributed by atoms with E-state index in [-0.39, 0.29) is 23.4 Å². The van der Waals surface area contributed by atoms with Crippen LogP contribution in [0.3, 0.4) is 0 Å². The van der Waals surface area contributed by atoms with E-state index in [2.05, 4.69) is 4.98 Å². The lowest BCUT2D eigenvalue weighted by Crippen LogP contribution is -2.35. The summed E-state index contributed by atoms with van der Waals surface area (Å²) >= 11 is 0. The van der Waals surface area contributed by atoms with Gasteiger partial charge in [0, 0.05) is 38.4 Å². The zero-order valence-electron chi connectivity index (χ0n) is 19.4. The normalized spacial score (nSPS) is 15.0. The Morgan fingerprint density at radius 2 is 2.00 bits per heavy atom. The minimum atomic E-state index is -3.81. The summed E-state index contributed by atoms with van der Waals surface area (Å²) in [6, 6.07) is 3.10. The molecular weight excluding hydrogens is 450 g/mol. The van der Waals surface area contributed by atoms with Crippen LogP contribution in [0.1, 0.15) is 42.2 Å². The van der Waals surface area contributed by atoms with Crippen LogP contribution >= 0.6 is 0 Å². The molecule has 0 aliphatic carbocycles. The molecule has 1 unspecified atom stereocenters. The van der Waals surface area contributed by atoms with E-state index in [4.69, 9.17) is 14.2 Å². The van der Waals surface area contributed by atoms with Crippen molar-refractivity contribution in [3.8, 4) is 23.0 Å². The third-order valence-electron chi connectivity index (χ3n) is 5.38. The number of fused-ring (bicyclic) bond motifs is 3. The SMILES string of the molecule is COCCCOc1cc2c(nc1OC)-c1cc(=O)c(C(=O)NS(C)(=O)=O)cn1C(C(C)C)C2. The van der Waals surface area contributed by atoms with Gasteiger partial charge in [-0.05, 0) is 24.0 Å². The second-order valence-corrected chi connectivity index (χ2v) is 10.0. The lowest BCUT2D eigenvalue weighted by atomic mass is 9.89. The molecule has 1 atom stereocenters. The fraction of sp³-hybridized carbons (Fsp3) is 0.500. The Morgan fingerprint density at radius 1 is 1.27 bits per heavy atom. The molecule has 0 radical (unpaired) electrons. The molecule has 2 aromatic heterocycles. The van der Waals surface area contributed by atoms with Gasteiger partial charge in [0.25, 0.3) is 11.8 Å². The highest BCUT2D eigenvalue weighted by atomic mass is 32.2. The number of hydrogen-bond acceptors (Lipinski definition) is 8. The number of hydrogen-bond donors (Lipinski definition) is 1. The van der Waals surface area contributed by atoms with Crippen LogP contribution in [0, 0.1) is 5.92 Å². The van der Waals surface area contributed by atoms with Gasteiger partial charge in [-0.25, -0.2) is 18.1 Å². The zero-order valence-corrected chi connectivity index (χ0v) is 20.2. The van der Waals surface area contributed by atoms with E-state index in [9.17, 15) is 18.0 Å². The number of amides is 1. The van der Waals surface area contributed by atoms with Crippen molar-refractivity contribution in [3.63, 3.8) is 0 Å². The molecule has 11 heteroatoms.